The molecular weight excluding hydrogens is 274 g/mol. The summed E-state index contributed by atoms with van der Waals surface area (Å²) < 4.78 is 0. The van der Waals surface area contributed by atoms with Crippen LogP contribution in [0.5, 0.6) is 0 Å². The lowest BCUT2D eigenvalue weighted by molar-refractivity contribution is -0.133. The summed E-state index contributed by atoms with van der Waals surface area (Å²) in [6.07, 6.45) is 0. The van der Waals surface area contributed by atoms with Crippen LogP contribution in [0.1, 0.15) is 5.56 Å². The van der Waals surface area contributed by atoms with Gasteiger partial charge in [0.2, 0.25) is 5.16 Å². The van der Waals surface area contributed by atoms with Gasteiger partial charge in [-0.1, -0.05) is 35.5 Å². The van der Waals surface area contributed by atoms with Gasteiger partial charge in [0, 0.05) is 10.6 Å². The Morgan fingerprint density at radius 2 is 2.33 bits per heavy atom. The molecule has 1 aromatic carbocycles. The number of nitrogens with zero attached hydrogens (tertiary/aromatic N) is 2. The molecule has 0 aliphatic rings. The zero-order valence-electron chi connectivity index (χ0n) is 9.48. The maximum atomic E-state index is 10.4. The lowest BCUT2D eigenvalue weighted by Gasteiger charge is -1.99. The minimum Gasteiger partial charge on any atom is -0.481 e. The summed E-state index contributed by atoms with van der Waals surface area (Å²) in [6.45, 7) is 1.92. The summed E-state index contributed by atoms with van der Waals surface area (Å²) in [7, 11) is 0. The van der Waals surface area contributed by atoms with Crippen molar-refractivity contribution in [2.45, 2.75) is 12.1 Å². The molecule has 5 nitrogen and oxygen atoms in total. The fourth-order valence-corrected chi connectivity index (χ4v) is 2.01. The van der Waals surface area contributed by atoms with Gasteiger partial charge < -0.3 is 5.11 Å². The Labute approximate surface area is 113 Å². The van der Waals surface area contributed by atoms with Crippen LogP contribution < -0.4 is 0 Å². The van der Waals surface area contributed by atoms with Crippen molar-refractivity contribution in [2.24, 2.45) is 0 Å². The Kier molecular flexibility index (Phi) is 3.88. The fourth-order valence-electron chi connectivity index (χ4n) is 1.31. The molecule has 0 amide bonds. The van der Waals surface area contributed by atoms with E-state index in [2.05, 4.69) is 15.2 Å². The number of aliphatic carboxylic acids is 1. The number of carbonyl (C=O) groups is 1. The number of aromatic amines is 1. The summed E-state index contributed by atoms with van der Waals surface area (Å²) in [5.74, 6) is -0.388. The maximum absolute atomic E-state index is 10.4. The molecule has 0 radical (unpaired) electrons. The molecule has 2 aromatic rings. The van der Waals surface area contributed by atoms with Gasteiger partial charge >= 0.3 is 5.97 Å². The molecule has 2 rings (SSSR count). The highest BCUT2D eigenvalue weighted by atomic mass is 35.5. The quantitative estimate of drug-likeness (QED) is 0.843. The zero-order chi connectivity index (χ0) is 13.1. The second-order valence-corrected chi connectivity index (χ2v) is 4.96. The molecule has 0 bridgehead atoms. The first-order valence-electron chi connectivity index (χ1n) is 5.10. The van der Waals surface area contributed by atoms with Gasteiger partial charge in [-0.2, -0.15) is 0 Å². The number of aromatic nitrogens is 3. The maximum Gasteiger partial charge on any atom is 0.313 e. The molecule has 2 N–H and O–H groups in total. The Hall–Kier alpha value is -1.53. The van der Waals surface area contributed by atoms with Crippen molar-refractivity contribution in [3.63, 3.8) is 0 Å². The molecule has 0 saturated heterocycles. The molecule has 0 saturated carbocycles. The lowest BCUT2D eigenvalue weighted by atomic mass is 10.1. The van der Waals surface area contributed by atoms with Crippen LogP contribution in [-0.2, 0) is 4.79 Å². The highest BCUT2D eigenvalue weighted by Crippen LogP contribution is 2.24. The van der Waals surface area contributed by atoms with Crippen LogP contribution >= 0.6 is 23.4 Å². The topological polar surface area (TPSA) is 78.9 Å². The third-order valence-corrected chi connectivity index (χ3v) is 3.47. The van der Waals surface area contributed by atoms with Gasteiger partial charge in [-0.25, -0.2) is 4.98 Å². The van der Waals surface area contributed by atoms with E-state index in [1.54, 1.807) is 6.07 Å². The van der Waals surface area contributed by atoms with Gasteiger partial charge in [0.1, 0.15) is 0 Å². The predicted octanol–water partition coefficient (Wildman–Crippen LogP) is 2.61. The monoisotopic (exact) mass is 283 g/mol. The summed E-state index contributed by atoms with van der Waals surface area (Å²) in [5, 5.41) is 16.3. The average Bonchev–Trinajstić information content (AvgIpc) is 2.79. The number of H-pyrrole nitrogens is 1. The van der Waals surface area contributed by atoms with Crippen LogP contribution in [0.25, 0.3) is 11.4 Å². The Morgan fingerprint density at radius 1 is 1.56 bits per heavy atom. The van der Waals surface area contributed by atoms with Crippen LogP contribution in [0, 0.1) is 6.92 Å². The summed E-state index contributed by atoms with van der Waals surface area (Å²) in [5.41, 5.74) is 1.81. The van der Waals surface area contributed by atoms with Crippen LogP contribution in [0.2, 0.25) is 5.02 Å². The highest BCUT2D eigenvalue weighted by molar-refractivity contribution is 7.99. The Morgan fingerprint density at radius 3 is 3.00 bits per heavy atom. The second kappa shape index (κ2) is 5.41. The minimum absolute atomic E-state index is 0.0635. The van der Waals surface area contributed by atoms with E-state index in [1.807, 2.05) is 19.1 Å². The van der Waals surface area contributed by atoms with Crippen LogP contribution in [0.3, 0.4) is 0 Å². The van der Waals surface area contributed by atoms with Gasteiger partial charge in [-0.3, -0.25) is 9.89 Å². The second-order valence-electron chi connectivity index (χ2n) is 3.61. The number of thioether (sulfide) groups is 1. The Balaban J connectivity index is 2.18. The summed E-state index contributed by atoms with van der Waals surface area (Å²) in [4.78, 5) is 14.6. The van der Waals surface area contributed by atoms with Crippen molar-refractivity contribution in [1.29, 1.82) is 0 Å². The van der Waals surface area contributed by atoms with E-state index < -0.39 is 5.97 Å². The molecule has 0 fully saturated rings. The number of carboxylic acids is 1. The number of hydrogen-bond donors (Lipinski definition) is 2. The van der Waals surface area contributed by atoms with Gasteiger partial charge in [-0.05, 0) is 18.6 Å². The molecular formula is C11H10ClN3O2S. The van der Waals surface area contributed by atoms with Gasteiger partial charge in [0.15, 0.2) is 5.82 Å². The van der Waals surface area contributed by atoms with Crippen LogP contribution in [0.4, 0.5) is 0 Å². The third-order valence-electron chi connectivity index (χ3n) is 2.23. The van der Waals surface area contributed by atoms with E-state index in [9.17, 15) is 4.79 Å². The number of nitrogens with one attached hydrogen (secondary N) is 1. The molecule has 0 unspecified atom stereocenters. The summed E-state index contributed by atoms with van der Waals surface area (Å²) >= 11 is 7.09. The van der Waals surface area contributed by atoms with Crippen molar-refractivity contribution < 1.29 is 9.90 Å². The highest BCUT2D eigenvalue weighted by Gasteiger charge is 2.09. The van der Waals surface area contributed by atoms with E-state index in [0.717, 1.165) is 22.9 Å². The molecule has 94 valence electrons. The van der Waals surface area contributed by atoms with E-state index >= 15 is 0 Å². The standard InChI is InChI=1S/C11H10ClN3O2S/c1-6-2-3-7(4-8(6)12)10-13-11(15-14-10)18-5-9(16)17/h2-4H,5H2,1H3,(H,16,17)(H,13,14,15). The van der Waals surface area contributed by atoms with Gasteiger partial charge in [-0.15, -0.1) is 5.10 Å². The first-order chi connectivity index (χ1) is 8.56. The zero-order valence-corrected chi connectivity index (χ0v) is 11.0. The average molecular weight is 284 g/mol. The molecule has 1 aromatic heterocycles. The fraction of sp³-hybridized carbons (Fsp3) is 0.182. The van der Waals surface area contributed by atoms with E-state index in [4.69, 9.17) is 16.7 Å². The number of carboxylic acid groups (broad SMARTS) is 1. The SMILES string of the molecule is Cc1ccc(-c2nc(SCC(=O)O)n[nH]2)cc1Cl. The van der Waals surface area contributed by atoms with Crippen LogP contribution in [-0.4, -0.2) is 32.0 Å². The van der Waals surface area contributed by atoms with Crippen LogP contribution in [0.15, 0.2) is 23.4 Å². The van der Waals surface area contributed by atoms with Crippen molar-refractivity contribution in [2.75, 3.05) is 5.75 Å². The third kappa shape index (κ3) is 3.02. The Bertz CT molecular complexity index is 585. The molecule has 1 heterocycles. The number of halogens is 1. The summed E-state index contributed by atoms with van der Waals surface area (Å²) in [6, 6.07) is 5.57. The number of benzene rings is 1. The molecule has 7 heteroatoms. The molecule has 0 aliphatic carbocycles. The van der Waals surface area contributed by atoms with Crippen molar-refractivity contribution in [1.82, 2.24) is 15.2 Å². The lowest BCUT2D eigenvalue weighted by Crippen LogP contribution is -1.97. The first-order valence-corrected chi connectivity index (χ1v) is 6.46. The van der Waals surface area contributed by atoms with E-state index in [0.29, 0.717) is 16.0 Å². The first kappa shape index (κ1) is 12.9. The molecule has 18 heavy (non-hydrogen) atoms. The number of rotatable bonds is 4. The van der Waals surface area contributed by atoms with Crippen molar-refractivity contribution >= 4 is 29.3 Å². The van der Waals surface area contributed by atoms with Crippen molar-refractivity contribution in [3.05, 3.63) is 28.8 Å². The smallest absolute Gasteiger partial charge is 0.313 e. The van der Waals surface area contributed by atoms with Gasteiger partial charge in [0.25, 0.3) is 0 Å². The van der Waals surface area contributed by atoms with Gasteiger partial charge in [0.05, 0.1) is 5.75 Å². The number of aryl methyl sites for hydroxylation is 1. The van der Waals surface area contributed by atoms with Crippen molar-refractivity contribution in [3.8, 4) is 11.4 Å². The molecule has 0 spiro atoms. The number of hydrogen-bond acceptors (Lipinski definition) is 4. The largest absolute Gasteiger partial charge is 0.481 e. The molecule has 0 atom stereocenters. The van der Waals surface area contributed by atoms with E-state index in [-0.39, 0.29) is 5.75 Å². The van der Waals surface area contributed by atoms with E-state index in [1.165, 1.54) is 0 Å². The normalized spacial score (nSPS) is 10.6. The minimum atomic E-state index is -0.898. The predicted molar refractivity (Wildman–Crippen MR) is 69.9 cm³/mol. The molecule has 0 aliphatic heterocycles.